The van der Waals surface area contributed by atoms with Crippen LogP contribution >= 0.6 is 27.5 Å². The zero-order chi connectivity index (χ0) is 19.7. The molecule has 142 valence electrons. The number of aromatic nitrogens is 6. The Balaban J connectivity index is 1.58. The van der Waals surface area contributed by atoms with Gasteiger partial charge in [0.25, 0.3) is 0 Å². The molecule has 0 bridgehead atoms. The molecule has 0 aliphatic carbocycles. The molecule has 0 saturated heterocycles. The molecule has 8 nitrogen and oxygen atoms in total. The molecule has 0 atom stereocenters. The highest BCUT2D eigenvalue weighted by atomic mass is 79.9. The van der Waals surface area contributed by atoms with E-state index in [9.17, 15) is 4.79 Å². The summed E-state index contributed by atoms with van der Waals surface area (Å²) in [5.74, 6) is 0.431. The van der Waals surface area contributed by atoms with Crippen LogP contribution in [0.15, 0.2) is 64.0 Å². The van der Waals surface area contributed by atoms with Gasteiger partial charge in [-0.25, -0.2) is 9.48 Å². The summed E-state index contributed by atoms with van der Waals surface area (Å²) in [6, 6.07) is 14.7. The van der Waals surface area contributed by atoms with Crippen molar-refractivity contribution in [2.75, 3.05) is 0 Å². The van der Waals surface area contributed by atoms with Crippen molar-refractivity contribution < 1.29 is 4.74 Å². The third kappa shape index (κ3) is 3.58. The van der Waals surface area contributed by atoms with Crippen molar-refractivity contribution in [3.05, 3.63) is 80.3 Å². The lowest BCUT2D eigenvalue weighted by Crippen LogP contribution is -2.23. The molecule has 2 heterocycles. The SMILES string of the molecule is Cn1nnn(-c2cccc(Cl)c2COc2ccn(-c3ccc(Br)cc3)n2)c1=O. The number of hydrogen-bond acceptors (Lipinski definition) is 5. The summed E-state index contributed by atoms with van der Waals surface area (Å²) in [6.45, 7) is 0.120. The van der Waals surface area contributed by atoms with Gasteiger partial charge < -0.3 is 4.74 Å². The summed E-state index contributed by atoms with van der Waals surface area (Å²) in [6.07, 6.45) is 1.80. The average molecular weight is 462 g/mol. The van der Waals surface area contributed by atoms with Crippen LogP contribution in [0.1, 0.15) is 5.56 Å². The highest BCUT2D eigenvalue weighted by Crippen LogP contribution is 2.24. The summed E-state index contributed by atoms with van der Waals surface area (Å²) in [5, 5.41) is 12.5. The summed E-state index contributed by atoms with van der Waals surface area (Å²) >= 11 is 9.75. The number of benzene rings is 2. The second-order valence-corrected chi connectivity index (χ2v) is 7.22. The summed E-state index contributed by atoms with van der Waals surface area (Å²) in [4.78, 5) is 12.2. The molecule has 2 aromatic heterocycles. The first-order valence-electron chi connectivity index (χ1n) is 8.24. The van der Waals surface area contributed by atoms with Crippen molar-refractivity contribution in [3.63, 3.8) is 0 Å². The molecule has 0 saturated carbocycles. The van der Waals surface area contributed by atoms with Crippen molar-refractivity contribution in [2.45, 2.75) is 6.61 Å². The van der Waals surface area contributed by atoms with Crippen LogP contribution in [0.5, 0.6) is 5.88 Å². The molecule has 0 amide bonds. The Bertz CT molecular complexity index is 1180. The van der Waals surface area contributed by atoms with E-state index in [1.54, 1.807) is 35.1 Å². The Hall–Kier alpha value is -2.91. The molecule has 2 aromatic carbocycles. The molecular weight excluding hydrogens is 448 g/mol. The van der Waals surface area contributed by atoms with Crippen LogP contribution in [0.2, 0.25) is 5.02 Å². The van der Waals surface area contributed by atoms with Crippen LogP contribution in [0.3, 0.4) is 0 Å². The fourth-order valence-corrected chi connectivity index (χ4v) is 3.11. The molecule has 0 aliphatic rings. The van der Waals surface area contributed by atoms with E-state index in [1.807, 2.05) is 24.3 Å². The molecule has 10 heteroatoms. The van der Waals surface area contributed by atoms with E-state index in [1.165, 1.54) is 11.7 Å². The lowest BCUT2D eigenvalue weighted by atomic mass is 10.2. The maximum Gasteiger partial charge on any atom is 0.368 e. The van der Waals surface area contributed by atoms with Crippen LogP contribution < -0.4 is 10.4 Å². The van der Waals surface area contributed by atoms with Gasteiger partial charge in [0, 0.05) is 34.4 Å². The summed E-state index contributed by atoms with van der Waals surface area (Å²) in [7, 11) is 1.53. The van der Waals surface area contributed by atoms with Gasteiger partial charge in [0.2, 0.25) is 5.88 Å². The van der Waals surface area contributed by atoms with Crippen LogP contribution in [0, 0.1) is 0 Å². The highest BCUT2D eigenvalue weighted by Gasteiger charge is 2.15. The first-order valence-corrected chi connectivity index (χ1v) is 9.41. The molecule has 4 aromatic rings. The van der Waals surface area contributed by atoms with Gasteiger partial charge in [0.05, 0.1) is 11.4 Å². The van der Waals surface area contributed by atoms with Crippen LogP contribution in [-0.2, 0) is 13.7 Å². The topological polar surface area (TPSA) is 79.8 Å². The Kier molecular flexibility index (Phi) is 5.01. The summed E-state index contributed by atoms with van der Waals surface area (Å²) < 4.78 is 10.8. The maximum absolute atomic E-state index is 12.2. The Morgan fingerprint density at radius 1 is 1.11 bits per heavy atom. The van der Waals surface area contributed by atoms with Gasteiger partial charge >= 0.3 is 5.69 Å². The lowest BCUT2D eigenvalue weighted by Gasteiger charge is -2.10. The van der Waals surface area contributed by atoms with E-state index in [4.69, 9.17) is 16.3 Å². The smallest absolute Gasteiger partial charge is 0.368 e. The largest absolute Gasteiger partial charge is 0.472 e. The number of tetrazole rings is 1. The molecular formula is C18H14BrClN6O2. The first-order chi connectivity index (χ1) is 13.5. The number of halogens is 2. The second kappa shape index (κ2) is 7.61. The van der Waals surface area contributed by atoms with E-state index in [2.05, 4.69) is 31.5 Å². The van der Waals surface area contributed by atoms with E-state index in [0.717, 1.165) is 14.8 Å². The van der Waals surface area contributed by atoms with Gasteiger partial charge in [-0.15, -0.1) is 5.10 Å². The van der Waals surface area contributed by atoms with Crippen molar-refractivity contribution in [2.24, 2.45) is 7.05 Å². The van der Waals surface area contributed by atoms with Crippen molar-refractivity contribution in [3.8, 4) is 17.3 Å². The minimum Gasteiger partial charge on any atom is -0.472 e. The van der Waals surface area contributed by atoms with Crippen LogP contribution in [0.4, 0.5) is 0 Å². The summed E-state index contributed by atoms with van der Waals surface area (Å²) in [5.41, 5.74) is 1.66. The highest BCUT2D eigenvalue weighted by molar-refractivity contribution is 9.10. The number of aryl methyl sites for hydroxylation is 1. The molecule has 0 aliphatic heterocycles. The van der Waals surface area contributed by atoms with Crippen molar-refractivity contribution >= 4 is 27.5 Å². The van der Waals surface area contributed by atoms with E-state index in [0.29, 0.717) is 22.2 Å². The van der Waals surface area contributed by atoms with Gasteiger partial charge in [-0.05, 0) is 46.8 Å². The van der Waals surface area contributed by atoms with E-state index < -0.39 is 0 Å². The predicted octanol–water partition coefficient (Wildman–Crippen LogP) is 3.15. The van der Waals surface area contributed by atoms with Crippen LogP contribution in [0.25, 0.3) is 11.4 Å². The first kappa shape index (κ1) is 18.5. The molecule has 0 N–H and O–H groups in total. The second-order valence-electron chi connectivity index (χ2n) is 5.90. The third-order valence-corrected chi connectivity index (χ3v) is 4.95. The molecule has 28 heavy (non-hydrogen) atoms. The zero-order valence-electron chi connectivity index (χ0n) is 14.7. The zero-order valence-corrected chi connectivity index (χ0v) is 17.0. The van der Waals surface area contributed by atoms with E-state index in [-0.39, 0.29) is 12.3 Å². The number of nitrogens with zero attached hydrogens (tertiary/aromatic N) is 6. The van der Waals surface area contributed by atoms with Gasteiger partial charge in [-0.2, -0.15) is 9.36 Å². The minimum absolute atomic E-state index is 0.120. The standard InChI is InChI=1S/C18H14BrClN6O2/c1-24-18(27)26(23-22-24)16-4-2-3-15(20)14(16)11-28-17-9-10-25(21-17)13-7-5-12(19)6-8-13/h2-10H,11H2,1H3. The van der Waals surface area contributed by atoms with Gasteiger partial charge in [-0.1, -0.05) is 33.6 Å². The Labute approximate surface area is 173 Å². The fraction of sp³-hybridized carbons (Fsp3) is 0.111. The molecule has 0 unspecified atom stereocenters. The van der Waals surface area contributed by atoms with Gasteiger partial charge in [0.1, 0.15) is 6.61 Å². The molecule has 4 rings (SSSR count). The number of ether oxygens (including phenoxy) is 1. The monoisotopic (exact) mass is 460 g/mol. The normalized spacial score (nSPS) is 11.0. The Morgan fingerprint density at radius 3 is 2.61 bits per heavy atom. The third-order valence-electron chi connectivity index (χ3n) is 4.06. The predicted molar refractivity (Wildman–Crippen MR) is 107 cm³/mol. The molecule has 0 fully saturated rings. The van der Waals surface area contributed by atoms with Crippen molar-refractivity contribution in [1.82, 2.24) is 29.6 Å². The maximum atomic E-state index is 12.2. The lowest BCUT2D eigenvalue weighted by molar-refractivity contribution is 0.291. The molecule has 0 spiro atoms. The number of hydrogen-bond donors (Lipinski definition) is 0. The fourth-order valence-electron chi connectivity index (χ4n) is 2.62. The molecule has 0 radical (unpaired) electrons. The van der Waals surface area contributed by atoms with Crippen molar-refractivity contribution in [1.29, 1.82) is 0 Å². The van der Waals surface area contributed by atoms with Gasteiger partial charge in [0.15, 0.2) is 0 Å². The minimum atomic E-state index is -0.372. The van der Waals surface area contributed by atoms with E-state index >= 15 is 0 Å². The number of rotatable bonds is 5. The quantitative estimate of drug-likeness (QED) is 0.456. The van der Waals surface area contributed by atoms with Crippen LogP contribution in [-0.4, -0.2) is 29.6 Å². The van der Waals surface area contributed by atoms with Gasteiger partial charge in [-0.3, -0.25) is 0 Å². The Morgan fingerprint density at radius 2 is 1.89 bits per heavy atom. The average Bonchev–Trinajstić information content (AvgIpc) is 3.29.